The number of ether oxygens (including phenoxy) is 4. The highest BCUT2D eigenvalue weighted by molar-refractivity contribution is 6.74. The SMILES string of the molecule is COC(=O)C[C@H](C[C@@H]1C[C@H](OC(C)=O)C(C)(C)[C@@](C=O)(OC)O1)O[Si](C)(C)C(C)(C)C. The summed E-state index contributed by atoms with van der Waals surface area (Å²) in [6, 6.07) is 0. The minimum atomic E-state index is -2.21. The van der Waals surface area contributed by atoms with E-state index in [2.05, 4.69) is 33.9 Å². The highest BCUT2D eigenvalue weighted by atomic mass is 28.4. The topological polar surface area (TPSA) is 97.4 Å². The van der Waals surface area contributed by atoms with E-state index in [1.54, 1.807) is 13.8 Å². The van der Waals surface area contributed by atoms with Crippen molar-refractivity contribution in [2.24, 2.45) is 5.41 Å². The van der Waals surface area contributed by atoms with Gasteiger partial charge >= 0.3 is 11.9 Å². The van der Waals surface area contributed by atoms with Crippen molar-refractivity contribution < 1.29 is 37.8 Å². The molecule has 0 aromatic carbocycles. The summed E-state index contributed by atoms with van der Waals surface area (Å²) in [5.41, 5.74) is -0.913. The molecule has 4 atom stereocenters. The van der Waals surface area contributed by atoms with Gasteiger partial charge in [0.25, 0.3) is 0 Å². The molecule has 0 radical (unpaired) electrons. The molecule has 1 aliphatic rings. The number of carbonyl (C=O) groups excluding carboxylic acids is 3. The summed E-state index contributed by atoms with van der Waals surface area (Å²) in [5.74, 6) is -2.42. The lowest BCUT2D eigenvalue weighted by Crippen LogP contribution is -2.63. The van der Waals surface area contributed by atoms with Crippen LogP contribution in [0, 0.1) is 5.41 Å². The van der Waals surface area contributed by atoms with E-state index >= 15 is 0 Å². The van der Waals surface area contributed by atoms with Crippen LogP contribution in [-0.4, -0.2) is 64.9 Å². The van der Waals surface area contributed by atoms with E-state index in [-0.39, 0.29) is 17.4 Å². The Kier molecular flexibility index (Phi) is 9.04. The summed E-state index contributed by atoms with van der Waals surface area (Å²) in [6.45, 7) is 15.4. The Balaban J connectivity index is 3.23. The van der Waals surface area contributed by atoms with Crippen molar-refractivity contribution in [2.75, 3.05) is 14.2 Å². The molecule has 1 aliphatic heterocycles. The van der Waals surface area contributed by atoms with Crippen molar-refractivity contribution in [1.29, 1.82) is 0 Å². The standard InChI is InChI=1S/C22H40O8Si/c1-15(24)28-18-12-16(29-22(14-23,27-8)21(18,5)6)11-17(13-19(25)26-7)30-31(9,10)20(2,3)4/h14,16-18H,11-13H2,1-10H3/t16-,17+,18+,22+/m1/s1. The van der Waals surface area contributed by atoms with Gasteiger partial charge in [0.05, 0.1) is 31.2 Å². The van der Waals surface area contributed by atoms with Gasteiger partial charge in [-0.2, -0.15) is 0 Å². The molecule has 1 saturated heterocycles. The van der Waals surface area contributed by atoms with Gasteiger partial charge < -0.3 is 23.4 Å². The Bertz CT molecular complexity index is 654. The number of carbonyl (C=O) groups is 3. The van der Waals surface area contributed by atoms with Crippen LogP contribution in [0.2, 0.25) is 18.1 Å². The molecule has 1 heterocycles. The summed E-state index contributed by atoms with van der Waals surface area (Å²) in [5, 5.41) is -0.0594. The number of hydrogen-bond acceptors (Lipinski definition) is 8. The fraction of sp³-hybridized carbons (Fsp3) is 0.864. The first-order chi connectivity index (χ1) is 14.0. The molecule has 0 aromatic rings. The second-order valence-corrected chi connectivity index (χ2v) is 15.1. The lowest BCUT2D eigenvalue weighted by atomic mass is 9.73. The maximum atomic E-state index is 12.1. The lowest BCUT2D eigenvalue weighted by molar-refractivity contribution is -0.322. The van der Waals surface area contributed by atoms with E-state index in [0.29, 0.717) is 19.1 Å². The van der Waals surface area contributed by atoms with Gasteiger partial charge in [-0.05, 0) is 24.6 Å². The van der Waals surface area contributed by atoms with Crippen molar-refractivity contribution in [1.82, 2.24) is 0 Å². The molecular weight excluding hydrogens is 420 g/mol. The molecule has 0 aliphatic carbocycles. The van der Waals surface area contributed by atoms with E-state index in [9.17, 15) is 14.4 Å². The van der Waals surface area contributed by atoms with Crippen LogP contribution in [0.3, 0.4) is 0 Å². The largest absolute Gasteiger partial charge is 0.469 e. The molecule has 0 unspecified atom stereocenters. The molecule has 31 heavy (non-hydrogen) atoms. The van der Waals surface area contributed by atoms with Crippen LogP contribution >= 0.6 is 0 Å². The molecule has 0 N–H and O–H groups in total. The van der Waals surface area contributed by atoms with Crippen molar-refractivity contribution in [3.63, 3.8) is 0 Å². The summed E-state index contributed by atoms with van der Waals surface area (Å²) in [4.78, 5) is 35.9. The Morgan fingerprint density at radius 1 is 1.23 bits per heavy atom. The molecule has 0 spiro atoms. The lowest BCUT2D eigenvalue weighted by Gasteiger charge is -2.51. The van der Waals surface area contributed by atoms with Gasteiger partial charge in [-0.1, -0.05) is 34.6 Å². The van der Waals surface area contributed by atoms with Gasteiger partial charge in [0.1, 0.15) is 6.10 Å². The average Bonchev–Trinajstić information content (AvgIpc) is 2.62. The van der Waals surface area contributed by atoms with E-state index < -0.39 is 43.8 Å². The monoisotopic (exact) mass is 460 g/mol. The predicted octanol–water partition coefficient (Wildman–Crippen LogP) is 3.62. The quantitative estimate of drug-likeness (QED) is 0.292. The molecule has 0 amide bonds. The number of rotatable bonds is 9. The van der Waals surface area contributed by atoms with Crippen molar-refractivity contribution in [3.05, 3.63) is 0 Å². The Morgan fingerprint density at radius 2 is 1.81 bits per heavy atom. The zero-order chi connectivity index (χ0) is 24.3. The van der Waals surface area contributed by atoms with Crippen LogP contribution in [0.5, 0.6) is 0 Å². The molecule has 1 fully saturated rings. The van der Waals surface area contributed by atoms with Crippen LogP contribution < -0.4 is 0 Å². The average molecular weight is 461 g/mol. The van der Waals surface area contributed by atoms with Gasteiger partial charge in [0.2, 0.25) is 5.79 Å². The summed E-state index contributed by atoms with van der Waals surface area (Å²) < 4.78 is 28.6. The first-order valence-corrected chi connectivity index (χ1v) is 13.6. The maximum absolute atomic E-state index is 12.1. The van der Waals surface area contributed by atoms with Crippen LogP contribution in [0.25, 0.3) is 0 Å². The van der Waals surface area contributed by atoms with Gasteiger partial charge in [0, 0.05) is 20.5 Å². The van der Waals surface area contributed by atoms with Gasteiger partial charge in [-0.3, -0.25) is 14.4 Å². The molecule has 0 bridgehead atoms. The third kappa shape index (κ3) is 6.37. The number of esters is 2. The summed E-state index contributed by atoms with van der Waals surface area (Å²) in [7, 11) is 0.523. The highest BCUT2D eigenvalue weighted by Crippen LogP contribution is 2.47. The van der Waals surface area contributed by atoms with E-state index in [4.69, 9.17) is 23.4 Å². The second kappa shape index (κ2) is 10.1. The molecular formula is C22H40O8Si. The normalized spacial score (nSPS) is 27.3. The fourth-order valence-electron chi connectivity index (χ4n) is 3.61. The zero-order valence-corrected chi connectivity index (χ0v) is 21.7. The fourth-order valence-corrected chi connectivity index (χ4v) is 4.98. The summed E-state index contributed by atoms with van der Waals surface area (Å²) >= 11 is 0. The molecule has 180 valence electrons. The van der Waals surface area contributed by atoms with Crippen LogP contribution in [0.1, 0.15) is 60.8 Å². The van der Waals surface area contributed by atoms with Gasteiger partial charge in [0.15, 0.2) is 14.6 Å². The van der Waals surface area contributed by atoms with Crippen molar-refractivity contribution in [2.45, 2.75) is 103 Å². The number of aldehydes is 1. The third-order valence-corrected chi connectivity index (χ3v) is 11.2. The van der Waals surface area contributed by atoms with Crippen molar-refractivity contribution in [3.8, 4) is 0 Å². The summed E-state index contributed by atoms with van der Waals surface area (Å²) in [6.07, 6.45) is -0.259. The second-order valence-electron chi connectivity index (χ2n) is 10.3. The Hall–Kier alpha value is -1.29. The highest BCUT2D eigenvalue weighted by Gasteiger charge is 2.58. The maximum Gasteiger partial charge on any atom is 0.308 e. The minimum absolute atomic E-state index is 0.0594. The smallest absolute Gasteiger partial charge is 0.308 e. The van der Waals surface area contributed by atoms with E-state index in [1.165, 1.54) is 21.1 Å². The number of methoxy groups -OCH3 is 2. The van der Waals surface area contributed by atoms with E-state index in [1.807, 2.05) is 0 Å². The molecule has 1 rings (SSSR count). The minimum Gasteiger partial charge on any atom is -0.469 e. The number of hydrogen-bond donors (Lipinski definition) is 0. The molecule has 8 nitrogen and oxygen atoms in total. The van der Waals surface area contributed by atoms with Crippen LogP contribution in [0.4, 0.5) is 0 Å². The van der Waals surface area contributed by atoms with Gasteiger partial charge in [-0.15, -0.1) is 0 Å². The van der Waals surface area contributed by atoms with E-state index in [0.717, 1.165) is 0 Å². The predicted molar refractivity (Wildman–Crippen MR) is 118 cm³/mol. The molecule has 0 saturated carbocycles. The third-order valence-electron chi connectivity index (χ3n) is 6.70. The van der Waals surface area contributed by atoms with Crippen LogP contribution in [0.15, 0.2) is 0 Å². The Morgan fingerprint density at radius 3 is 2.23 bits per heavy atom. The first kappa shape index (κ1) is 27.7. The molecule has 9 heteroatoms. The first-order valence-electron chi connectivity index (χ1n) is 10.7. The Labute approximate surface area is 187 Å². The molecule has 0 aromatic heterocycles. The van der Waals surface area contributed by atoms with Crippen molar-refractivity contribution >= 4 is 26.5 Å². The van der Waals surface area contributed by atoms with Gasteiger partial charge in [-0.25, -0.2) is 0 Å². The zero-order valence-electron chi connectivity index (χ0n) is 20.7. The van der Waals surface area contributed by atoms with Crippen LogP contribution in [-0.2, 0) is 37.8 Å².